The quantitative estimate of drug-likeness (QED) is 0.599. The summed E-state index contributed by atoms with van der Waals surface area (Å²) >= 11 is 5.32. The van der Waals surface area contributed by atoms with Gasteiger partial charge in [-0.1, -0.05) is 17.7 Å². The number of nitrogens with one attached hydrogen (secondary N) is 1. The third kappa shape index (κ3) is 9.95. The first-order valence-corrected chi connectivity index (χ1v) is 4.39. The molecule has 66 valence electrons. The summed E-state index contributed by atoms with van der Waals surface area (Å²) in [6.45, 7) is 5.48. The van der Waals surface area contributed by atoms with E-state index in [1.165, 1.54) is 5.54 Å². The third-order valence-corrected chi connectivity index (χ3v) is 1.38. The topological polar surface area (TPSA) is 21.3 Å². The molecule has 0 heterocycles. The van der Waals surface area contributed by atoms with E-state index in [2.05, 4.69) is 5.32 Å². The Morgan fingerprint density at radius 2 is 2.36 bits per heavy atom. The molecule has 0 amide bonds. The summed E-state index contributed by atoms with van der Waals surface area (Å²) in [4.78, 5) is 0. The zero-order valence-electron chi connectivity index (χ0n) is 6.98. The minimum atomic E-state index is 0.807. The fraction of sp³-hybridized carbons (Fsp3) is 0.750. The van der Waals surface area contributed by atoms with E-state index in [0.29, 0.717) is 0 Å². The molecule has 0 spiro atoms. The summed E-state index contributed by atoms with van der Waals surface area (Å²) in [6, 6.07) is 0. The van der Waals surface area contributed by atoms with Crippen molar-refractivity contribution in [2.75, 3.05) is 26.3 Å². The summed E-state index contributed by atoms with van der Waals surface area (Å²) in [7, 11) is 0. The minimum Gasteiger partial charge on any atom is -0.382 e. The Hall–Kier alpha value is -0.0500. The van der Waals surface area contributed by atoms with Crippen LogP contribution in [0, 0.1) is 0 Å². The average Bonchev–Trinajstić information content (AvgIpc) is 2.03. The summed E-state index contributed by atoms with van der Waals surface area (Å²) in [5.74, 6) is 0. The van der Waals surface area contributed by atoms with Crippen LogP contribution in [-0.4, -0.2) is 26.3 Å². The van der Waals surface area contributed by atoms with E-state index in [0.717, 1.165) is 32.7 Å². The standard InChI is InChI=1S/C8H16ClNO/c1-2-11-8-4-7-10-6-3-5-9/h3,5,10H,2,4,6-8H2,1H3/b5-3+. The van der Waals surface area contributed by atoms with Crippen molar-refractivity contribution in [1.82, 2.24) is 5.32 Å². The van der Waals surface area contributed by atoms with Crippen LogP contribution in [0.5, 0.6) is 0 Å². The van der Waals surface area contributed by atoms with Crippen molar-refractivity contribution in [2.45, 2.75) is 13.3 Å². The maximum Gasteiger partial charge on any atom is 0.0477 e. The number of rotatable bonds is 7. The van der Waals surface area contributed by atoms with Gasteiger partial charge in [0.2, 0.25) is 0 Å². The van der Waals surface area contributed by atoms with Crippen LogP contribution in [0.2, 0.25) is 0 Å². The van der Waals surface area contributed by atoms with E-state index in [1.807, 2.05) is 13.0 Å². The van der Waals surface area contributed by atoms with Crippen molar-refractivity contribution in [3.63, 3.8) is 0 Å². The molecule has 1 N–H and O–H groups in total. The van der Waals surface area contributed by atoms with Crippen LogP contribution in [0.3, 0.4) is 0 Å². The van der Waals surface area contributed by atoms with Gasteiger partial charge in [0, 0.05) is 25.3 Å². The van der Waals surface area contributed by atoms with Crippen molar-refractivity contribution in [3.8, 4) is 0 Å². The normalized spacial score (nSPS) is 11.1. The molecule has 0 aromatic heterocycles. The van der Waals surface area contributed by atoms with Crippen molar-refractivity contribution in [2.24, 2.45) is 0 Å². The molecule has 2 nitrogen and oxygen atoms in total. The van der Waals surface area contributed by atoms with Gasteiger partial charge >= 0.3 is 0 Å². The van der Waals surface area contributed by atoms with E-state index in [4.69, 9.17) is 16.3 Å². The van der Waals surface area contributed by atoms with Crippen LogP contribution >= 0.6 is 11.6 Å². The van der Waals surface area contributed by atoms with Gasteiger partial charge in [0.05, 0.1) is 0 Å². The smallest absolute Gasteiger partial charge is 0.0477 e. The number of hydrogen-bond donors (Lipinski definition) is 1. The van der Waals surface area contributed by atoms with Crippen LogP contribution in [0.15, 0.2) is 11.6 Å². The summed E-state index contributed by atoms with van der Waals surface area (Å²) in [6.07, 6.45) is 2.94. The van der Waals surface area contributed by atoms with E-state index < -0.39 is 0 Å². The highest BCUT2D eigenvalue weighted by Gasteiger charge is 1.84. The molecule has 0 aromatic rings. The van der Waals surface area contributed by atoms with Gasteiger partial charge in [0.25, 0.3) is 0 Å². The van der Waals surface area contributed by atoms with Crippen molar-refractivity contribution >= 4 is 11.6 Å². The van der Waals surface area contributed by atoms with Crippen molar-refractivity contribution in [1.29, 1.82) is 0 Å². The molecule has 0 rings (SSSR count). The highest BCUT2D eigenvalue weighted by Crippen LogP contribution is 1.80. The first-order chi connectivity index (χ1) is 5.41. The van der Waals surface area contributed by atoms with E-state index in [1.54, 1.807) is 0 Å². The Morgan fingerprint density at radius 1 is 1.55 bits per heavy atom. The molecule has 3 heteroatoms. The monoisotopic (exact) mass is 177 g/mol. The molecule has 11 heavy (non-hydrogen) atoms. The number of ether oxygens (including phenoxy) is 1. The highest BCUT2D eigenvalue weighted by atomic mass is 35.5. The molecule has 0 bridgehead atoms. The molecular weight excluding hydrogens is 162 g/mol. The molecule has 0 aromatic carbocycles. The lowest BCUT2D eigenvalue weighted by molar-refractivity contribution is 0.145. The predicted molar refractivity (Wildman–Crippen MR) is 49.0 cm³/mol. The molecule has 0 aliphatic carbocycles. The lowest BCUT2D eigenvalue weighted by atomic mass is 10.4. The Balaban J connectivity index is 2.79. The summed E-state index contributed by atoms with van der Waals surface area (Å²) in [5, 5.41) is 3.19. The minimum absolute atomic E-state index is 0.807. The molecule has 0 aliphatic heterocycles. The SMILES string of the molecule is CCOCCCNC/C=C/Cl. The Labute approximate surface area is 73.6 Å². The first-order valence-electron chi connectivity index (χ1n) is 3.95. The predicted octanol–water partition coefficient (Wildman–Crippen LogP) is 1.76. The fourth-order valence-electron chi connectivity index (χ4n) is 0.674. The highest BCUT2D eigenvalue weighted by molar-refractivity contribution is 6.25. The Bertz CT molecular complexity index is 96.1. The van der Waals surface area contributed by atoms with Gasteiger partial charge < -0.3 is 10.1 Å². The Kier molecular flexibility index (Phi) is 9.90. The van der Waals surface area contributed by atoms with Gasteiger partial charge in [-0.25, -0.2) is 0 Å². The maximum absolute atomic E-state index is 5.32. The summed E-state index contributed by atoms with van der Waals surface area (Å²) < 4.78 is 5.16. The third-order valence-electron chi connectivity index (χ3n) is 1.20. The van der Waals surface area contributed by atoms with Gasteiger partial charge in [-0.15, -0.1) is 0 Å². The molecule has 0 radical (unpaired) electrons. The lowest BCUT2D eigenvalue weighted by Crippen LogP contribution is -2.16. The molecule has 0 fully saturated rings. The van der Waals surface area contributed by atoms with Gasteiger partial charge in [-0.2, -0.15) is 0 Å². The second-order valence-corrected chi connectivity index (χ2v) is 2.37. The second-order valence-electron chi connectivity index (χ2n) is 2.12. The van der Waals surface area contributed by atoms with Crippen molar-refractivity contribution < 1.29 is 4.74 Å². The van der Waals surface area contributed by atoms with Gasteiger partial charge in [0.15, 0.2) is 0 Å². The van der Waals surface area contributed by atoms with Crippen LogP contribution in [0.4, 0.5) is 0 Å². The second kappa shape index (κ2) is 9.95. The fourth-order valence-corrected chi connectivity index (χ4v) is 0.763. The molecule has 0 aliphatic rings. The molecule has 0 unspecified atom stereocenters. The van der Waals surface area contributed by atoms with Crippen LogP contribution in [-0.2, 0) is 4.74 Å². The van der Waals surface area contributed by atoms with E-state index in [-0.39, 0.29) is 0 Å². The van der Waals surface area contributed by atoms with Crippen LogP contribution in [0.25, 0.3) is 0 Å². The van der Waals surface area contributed by atoms with Gasteiger partial charge in [0.1, 0.15) is 0 Å². The first kappa shape index (κ1) is 11.0. The van der Waals surface area contributed by atoms with E-state index in [9.17, 15) is 0 Å². The lowest BCUT2D eigenvalue weighted by Gasteiger charge is -2.01. The largest absolute Gasteiger partial charge is 0.382 e. The van der Waals surface area contributed by atoms with E-state index >= 15 is 0 Å². The zero-order valence-corrected chi connectivity index (χ0v) is 7.73. The average molecular weight is 178 g/mol. The zero-order chi connectivity index (χ0) is 8.36. The molecule has 0 atom stereocenters. The number of halogens is 1. The maximum atomic E-state index is 5.32. The molecular formula is C8H16ClNO. The van der Waals surface area contributed by atoms with Crippen LogP contribution in [0.1, 0.15) is 13.3 Å². The number of hydrogen-bond acceptors (Lipinski definition) is 2. The van der Waals surface area contributed by atoms with Gasteiger partial charge in [-0.05, 0) is 19.9 Å². The summed E-state index contributed by atoms with van der Waals surface area (Å²) in [5.41, 5.74) is 1.52. The molecule has 0 saturated carbocycles. The van der Waals surface area contributed by atoms with Gasteiger partial charge in [-0.3, -0.25) is 0 Å². The molecule has 0 saturated heterocycles. The van der Waals surface area contributed by atoms with Crippen LogP contribution < -0.4 is 5.32 Å². The Morgan fingerprint density at radius 3 is 3.00 bits per heavy atom. The van der Waals surface area contributed by atoms with Crippen molar-refractivity contribution in [3.05, 3.63) is 11.6 Å².